The van der Waals surface area contributed by atoms with Gasteiger partial charge in [-0.1, -0.05) is 37.3 Å². The number of benzene rings is 2. The molecule has 0 bridgehead atoms. The van der Waals surface area contributed by atoms with Gasteiger partial charge in [0.25, 0.3) is 5.91 Å². The zero-order valence-corrected chi connectivity index (χ0v) is 18.1. The van der Waals surface area contributed by atoms with Crippen molar-refractivity contribution < 1.29 is 17.9 Å². The molecular weight excluding hydrogens is 444 g/mol. The molecule has 0 aromatic heterocycles. The molecule has 1 aliphatic heterocycles. The van der Waals surface area contributed by atoms with Gasteiger partial charge in [-0.05, 0) is 46.1 Å². The Bertz CT molecular complexity index is 941. The Morgan fingerprint density at radius 1 is 1.04 bits per heavy atom. The molecule has 0 aliphatic carbocycles. The number of carbonyl (C=O) groups is 1. The van der Waals surface area contributed by atoms with Crippen LogP contribution in [0.15, 0.2) is 57.9 Å². The summed E-state index contributed by atoms with van der Waals surface area (Å²) in [4.78, 5) is 14.4. The van der Waals surface area contributed by atoms with Crippen molar-refractivity contribution in [2.45, 2.75) is 18.2 Å². The fourth-order valence-corrected chi connectivity index (χ4v) is 5.52. The van der Waals surface area contributed by atoms with E-state index in [1.165, 1.54) is 4.31 Å². The van der Waals surface area contributed by atoms with Gasteiger partial charge in [0, 0.05) is 30.7 Å². The zero-order chi connectivity index (χ0) is 20.1. The number of nitrogens with zero attached hydrogens (tertiary/aromatic N) is 2. The molecule has 1 amide bonds. The van der Waals surface area contributed by atoms with E-state index in [2.05, 4.69) is 15.9 Å². The summed E-state index contributed by atoms with van der Waals surface area (Å²) in [5.41, 5.74) is 1.06. The lowest BCUT2D eigenvalue weighted by Gasteiger charge is -2.34. The van der Waals surface area contributed by atoms with E-state index >= 15 is 0 Å². The molecule has 8 heteroatoms. The summed E-state index contributed by atoms with van der Waals surface area (Å²) >= 11 is 3.30. The Morgan fingerprint density at radius 2 is 1.68 bits per heavy atom. The van der Waals surface area contributed by atoms with E-state index < -0.39 is 10.0 Å². The minimum atomic E-state index is -3.59. The summed E-state index contributed by atoms with van der Waals surface area (Å²) in [7, 11) is -3.59. The molecule has 2 aromatic carbocycles. The molecule has 0 spiro atoms. The average Bonchev–Trinajstić information content (AvgIpc) is 2.72. The van der Waals surface area contributed by atoms with Crippen molar-refractivity contribution in [1.29, 1.82) is 0 Å². The van der Waals surface area contributed by atoms with Crippen LogP contribution >= 0.6 is 15.9 Å². The number of rotatable bonds is 6. The highest BCUT2D eigenvalue weighted by molar-refractivity contribution is 9.10. The van der Waals surface area contributed by atoms with Crippen LogP contribution in [0.25, 0.3) is 0 Å². The second-order valence-corrected chi connectivity index (χ2v) is 9.23. The maximum atomic E-state index is 12.8. The van der Waals surface area contributed by atoms with E-state index in [-0.39, 0.29) is 30.5 Å². The number of carbonyl (C=O) groups excluding carboxylic acids is 1. The largest absolute Gasteiger partial charge is 0.483 e. The Labute approximate surface area is 174 Å². The first kappa shape index (κ1) is 20.8. The summed E-state index contributed by atoms with van der Waals surface area (Å²) in [6, 6.07) is 14.4. The van der Waals surface area contributed by atoms with Gasteiger partial charge >= 0.3 is 0 Å². The molecule has 0 atom stereocenters. The number of ether oxygens (including phenoxy) is 1. The lowest BCUT2D eigenvalue weighted by molar-refractivity contribution is -0.134. The second kappa shape index (κ2) is 9.07. The lowest BCUT2D eigenvalue weighted by atomic mass is 10.1. The van der Waals surface area contributed by atoms with Crippen LogP contribution in [-0.2, 0) is 21.2 Å². The third kappa shape index (κ3) is 4.56. The van der Waals surface area contributed by atoms with E-state index in [4.69, 9.17) is 4.74 Å². The van der Waals surface area contributed by atoms with E-state index in [1.54, 1.807) is 29.2 Å². The molecule has 150 valence electrons. The van der Waals surface area contributed by atoms with Gasteiger partial charge in [0.2, 0.25) is 10.0 Å². The van der Waals surface area contributed by atoms with Crippen LogP contribution in [0.1, 0.15) is 12.5 Å². The number of halogens is 1. The highest BCUT2D eigenvalue weighted by atomic mass is 79.9. The van der Waals surface area contributed by atoms with Crippen molar-refractivity contribution in [3.63, 3.8) is 0 Å². The highest BCUT2D eigenvalue weighted by Gasteiger charge is 2.31. The van der Waals surface area contributed by atoms with Crippen molar-refractivity contribution in [3.8, 4) is 5.75 Å². The van der Waals surface area contributed by atoms with Crippen molar-refractivity contribution in [1.82, 2.24) is 9.21 Å². The van der Waals surface area contributed by atoms with Crippen molar-refractivity contribution in [3.05, 3.63) is 58.6 Å². The van der Waals surface area contributed by atoms with Gasteiger partial charge in [-0.3, -0.25) is 4.79 Å². The van der Waals surface area contributed by atoms with Gasteiger partial charge in [0.05, 0.1) is 4.90 Å². The number of para-hydroxylation sites is 1. The molecule has 1 saturated heterocycles. The topological polar surface area (TPSA) is 66.9 Å². The molecule has 2 aromatic rings. The first-order valence-electron chi connectivity index (χ1n) is 9.16. The number of piperazine rings is 1. The summed E-state index contributed by atoms with van der Waals surface area (Å²) < 4.78 is 33.3. The first-order chi connectivity index (χ1) is 13.4. The fourth-order valence-electron chi connectivity index (χ4n) is 3.14. The standard InChI is InChI=1S/C20H23BrN2O4S/c1-2-16-7-3-5-9-18(16)27-15-20(24)22-11-13-23(14-12-22)28(25,26)19-10-6-4-8-17(19)21/h3-10H,2,11-15H2,1H3. The Kier molecular flexibility index (Phi) is 6.74. The predicted molar refractivity (Wildman–Crippen MR) is 111 cm³/mol. The molecule has 6 nitrogen and oxygen atoms in total. The van der Waals surface area contributed by atoms with Crippen molar-refractivity contribution in [2.24, 2.45) is 0 Å². The van der Waals surface area contributed by atoms with Gasteiger partial charge in [0.1, 0.15) is 5.75 Å². The van der Waals surface area contributed by atoms with E-state index in [0.29, 0.717) is 23.3 Å². The molecule has 0 N–H and O–H groups in total. The van der Waals surface area contributed by atoms with Crippen LogP contribution in [0.4, 0.5) is 0 Å². The van der Waals surface area contributed by atoms with Gasteiger partial charge < -0.3 is 9.64 Å². The molecule has 1 heterocycles. The number of hydrogen-bond acceptors (Lipinski definition) is 4. The Morgan fingerprint density at radius 3 is 2.36 bits per heavy atom. The first-order valence-corrected chi connectivity index (χ1v) is 11.4. The third-order valence-corrected chi connectivity index (χ3v) is 7.66. The number of hydrogen-bond donors (Lipinski definition) is 0. The molecule has 0 radical (unpaired) electrons. The Balaban J connectivity index is 1.58. The SMILES string of the molecule is CCc1ccccc1OCC(=O)N1CCN(S(=O)(=O)c2ccccc2Br)CC1. The summed E-state index contributed by atoms with van der Waals surface area (Å²) in [5.74, 6) is 0.581. The molecule has 0 unspecified atom stereocenters. The maximum absolute atomic E-state index is 12.8. The lowest BCUT2D eigenvalue weighted by Crippen LogP contribution is -2.51. The van der Waals surface area contributed by atoms with Crippen molar-refractivity contribution in [2.75, 3.05) is 32.8 Å². The predicted octanol–water partition coefficient (Wildman–Crippen LogP) is 2.92. The molecular formula is C20H23BrN2O4S. The van der Waals surface area contributed by atoms with Gasteiger partial charge in [0.15, 0.2) is 6.61 Å². The molecule has 28 heavy (non-hydrogen) atoms. The zero-order valence-electron chi connectivity index (χ0n) is 15.7. The van der Waals surface area contributed by atoms with E-state index in [9.17, 15) is 13.2 Å². The van der Waals surface area contributed by atoms with E-state index in [0.717, 1.165) is 12.0 Å². The van der Waals surface area contributed by atoms with Crippen LogP contribution in [0.5, 0.6) is 5.75 Å². The van der Waals surface area contributed by atoms with Gasteiger partial charge in [-0.25, -0.2) is 8.42 Å². The quantitative estimate of drug-likeness (QED) is 0.656. The molecule has 1 aliphatic rings. The van der Waals surface area contributed by atoms with Crippen LogP contribution in [0.2, 0.25) is 0 Å². The maximum Gasteiger partial charge on any atom is 0.260 e. The molecule has 1 fully saturated rings. The third-order valence-electron chi connectivity index (χ3n) is 4.75. The van der Waals surface area contributed by atoms with E-state index in [1.807, 2.05) is 31.2 Å². The average molecular weight is 467 g/mol. The summed E-state index contributed by atoms with van der Waals surface area (Å²) in [5, 5.41) is 0. The Hall–Kier alpha value is -1.90. The van der Waals surface area contributed by atoms with Crippen LogP contribution in [0.3, 0.4) is 0 Å². The minimum absolute atomic E-state index is 0.0476. The summed E-state index contributed by atoms with van der Waals surface area (Å²) in [6.07, 6.45) is 0.829. The summed E-state index contributed by atoms with van der Waals surface area (Å²) in [6.45, 7) is 3.22. The fraction of sp³-hybridized carbons (Fsp3) is 0.350. The number of sulfonamides is 1. The number of amides is 1. The monoisotopic (exact) mass is 466 g/mol. The van der Waals surface area contributed by atoms with Gasteiger partial charge in [-0.2, -0.15) is 4.31 Å². The van der Waals surface area contributed by atoms with Crippen LogP contribution < -0.4 is 4.74 Å². The highest BCUT2D eigenvalue weighted by Crippen LogP contribution is 2.25. The smallest absolute Gasteiger partial charge is 0.260 e. The minimum Gasteiger partial charge on any atom is -0.483 e. The molecule has 0 saturated carbocycles. The second-order valence-electron chi connectivity index (χ2n) is 6.47. The van der Waals surface area contributed by atoms with Crippen molar-refractivity contribution >= 4 is 31.9 Å². The van der Waals surface area contributed by atoms with Gasteiger partial charge in [-0.15, -0.1) is 0 Å². The normalized spacial score (nSPS) is 15.4. The van der Waals surface area contributed by atoms with Crippen LogP contribution in [0, 0.1) is 0 Å². The van der Waals surface area contributed by atoms with Crippen LogP contribution in [-0.4, -0.2) is 56.3 Å². The molecule has 3 rings (SSSR count). The number of aryl methyl sites for hydroxylation is 1.